The van der Waals surface area contributed by atoms with E-state index in [9.17, 15) is 0 Å². The highest BCUT2D eigenvalue weighted by atomic mass is 32.1. The van der Waals surface area contributed by atoms with Crippen LogP contribution in [0.4, 0.5) is 0 Å². The summed E-state index contributed by atoms with van der Waals surface area (Å²) in [6, 6.07) is 8.27. The molecule has 0 bridgehead atoms. The first kappa shape index (κ1) is 8.66. The normalized spacial score (nSPS) is 10.9. The number of benzene rings is 1. The van der Waals surface area contributed by atoms with Gasteiger partial charge in [-0.2, -0.15) is 12.6 Å². The van der Waals surface area contributed by atoms with Crippen molar-refractivity contribution in [3.05, 3.63) is 35.5 Å². The zero-order chi connectivity index (χ0) is 9.26. The summed E-state index contributed by atoms with van der Waals surface area (Å²) in [7, 11) is 0. The van der Waals surface area contributed by atoms with E-state index in [1.165, 1.54) is 5.39 Å². The van der Waals surface area contributed by atoms with Crippen LogP contribution in [0.3, 0.4) is 0 Å². The molecule has 0 aliphatic heterocycles. The highest BCUT2D eigenvalue weighted by molar-refractivity contribution is 7.79. The first-order chi connectivity index (χ1) is 6.35. The van der Waals surface area contributed by atoms with Crippen molar-refractivity contribution in [2.75, 3.05) is 0 Å². The molecule has 13 heavy (non-hydrogen) atoms. The van der Waals surface area contributed by atoms with Crippen LogP contribution in [0.2, 0.25) is 0 Å². The highest BCUT2D eigenvalue weighted by Gasteiger charge is 2.02. The number of fused-ring (bicyclic) bond motifs is 1. The van der Waals surface area contributed by atoms with Gasteiger partial charge in [0, 0.05) is 23.4 Å². The topological polar surface area (TPSA) is 41.8 Å². The van der Waals surface area contributed by atoms with Gasteiger partial charge in [0.1, 0.15) is 0 Å². The van der Waals surface area contributed by atoms with Crippen molar-refractivity contribution in [1.29, 1.82) is 0 Å². The van der Waals surface area contributed by atoms with Gasteiger partial charge in [-0.05, 0) is 11.6 Å². The number of hydrogen-bond acceptors (Lipinski definition) is 2. The molecule has 0 radical (unpaired) electrons. The van der Waals surface area contributed by atoms with Crippen LogP contribution in [-0.2, 0) is 12.3 Å². The third kappa shape index (κ3) is 1.45. The molecule has 1 aromatic heterocycles. The number of thiol groups is 1. The van der Waals surface area contributed by atoms with Crippen molar-refractivity contribution >= 4 is 23.5 Å². The lowest BCUT2D eigenvalue weighted by Crippen LogP contribution is -1.96. The van der Waals surface area contributed by atoms with Gasteiger partial charge in [0.2, 0.25) is 0 Å². The molecule has 2 rings (SSSR count). The Hall–Kier alpha value is -0.930. The summed E-state index contributed by atoms with van der Waals surface area (Å²) in [4.78, 5) is 3.31. The molecule has 0 spiro atoms. The van der Waals surface area contributed by atoms with Crippen molar-refractivity contribution in [1.82, 2.24) is 4.98 Å². The quantitative estimate of drug-likeness (QED) is 0.626. The molecule has 1 aromatic carbocycles. The van der Waals surface area contributed by atoms with E-state index in [0.29, 0.717) is 6.54 Å². The van der Waals surface area contributed by atoms with E-state index in [1.54, 1.807) is 0 Å². The molecule has 2 aromatic rings. The van der Waals surface area contributed by atoms with E-state index in [-0.39, 0.29) is 0 Å². The minimum absolute atomic E-state index is 0.573. The Bertz CT molecular complexity index is 420. The molecule has 0 atom stereocenters. The molecule has 0 fully saturated rings. The largest absolute Gasteiger partial charge is 0.357 e. The standard InChI is InChI=1S/C10H12N2S/c11-5-8-3-1-2-7-4-9(6-13)12-10(7)8/h1-4,12-13H,5-6,11H2. The number of rotatable bonds is 2. The van der Waals surface area contributed by atoms with Crippen LogP contribution in [-0.4, -0.2) is 4.98 Å². The molecule has 2 nitrogen and oxygen atoms in total. The first-order valence-electron chi connectivity index (χ1n) is 4.25. The van der Waals surface area contributed by atoms with Gasteiger partial charge in [-0.15, -0.1) is 0 Å². The van der Waals surface area contributed by atoms with Crippen LogP contribution in [0, 0.1) is 0 Å². The summed E-state index contributed by atoms with van der Waals surface area (Å²) in [6.45, 7) is 0.573. The molecule has 0 aliphatic rings. The van der Waals surface area contributed by atoms with Crippen molar-refractivity contribution < 1.29 is 0 Å². The number of nitrogens with one attached hydrogen (secondary N) is 1. The maximum atomic E-state index is 5.63. The smallest absolute Gasteiger partial charge is 0.0501 e. The molecule has 0 saturated carbocycles. The Morgan fingerprint density at radius 1 is 1.38 bits per heavy atom. The SMILES string of the molecule is NCc1cccc2cc(CS)[nH]c12. The van der Waals surface area contributed by atoms with Gasteiger partial charge < -0.3 is 10.7 Å². The van der Waals surface area contributed by atoms with Crippen LogP contribution in [0.5, 0.6) is 0 Å². The molecular formula is C10H12N2S. The lowest BCUT2D eigenvalue weighted by molar-refractivity contribution is 1.08. The van der Waals surface area contributed by atoms with Gasteiger partial charge in [0.05, 0.1) is 5.52 Å². The lowest BCUT2D eigenvalue weighted by Gasteiger charge is -1.97. The molecule has 1 heterocycles. The fourth-order valence-electron chi connectivity index (χ4n) is 1.53. The van der Waals surface area contributed by atoms with E-state index >= 15 is 0 Å². The minimum Gasteiger partial charge on any atom is -0.357 e. The van der Waals surface area contributed by atoms with E-state index in [1.807, 2.05) is 12.1 Å². The number of aromatic amines is 1. The summed E-state index contributed by atoms with van der Waals surface area (Å²) >= 11 is 4.22. The van der Waals surface area contributed by atoms with Crippen LogP contribution >= 0.6 is 12.6 Å². The summed E-state index contributed by atoms with van der Waals surface area (Å²) in [5.41, 5.74) is 9.07. The summed E-state index contributed by atoms with van der Waals surface area (Å²) in [6.07, 6.45) is 0. The van der Waals surface area contributed by atoms with Gasteiger partial charge >= 0.3 is 0 Å². The number of para-hydroxylation sites is 1. The molecule has 3 heteroatoms. The average molecular weight is 192 g/mol. The van der Waals surface area contributed by atoms with Crippen molar-refractivity contribution in [2.45, 2.75) is 12.3 Å². The molecule has 0 amide bonds. The van der Waals surface area contributed by atoms with E-state index in [0.717, 1.165) is 22.5 Å². The summed E-state index contributed by atoms with van der Waals surface area (Å²) in [5, 5.41) is 1.21. The third-order valence-corrected chi connectivity index (χ3v) is 2.53. The Morgan fingerprint density at radius 3 is 2.92 bits per heavy atom. The zero-order valence-electron chi connectivity index (χ0n) is 7.25. The molecule has 68 valence electrons. The van der Waals surface area contributed by atoms with Crippen LogP contribution < -0.4 is 5.73 Å². The average Bonchev–Trinajstić information content (AvgIpc) is 2.59. The summed E-state index contributed by atoms with van der Waals surface area (Å²) in [5.74, 6) is 0.735. The maximum Gasteiger partial charge on any atom is 0.0501 e. The van der Waals surface area contributed by atoms with Crippen LogP contribution in [0.15, 0.2) is 24.3 Å². The molecular weight excluding hydrogens is 180 g/mol. The second-order valence-corrected chi connectivity index (χ2v) is 3.35. The van der Waals surface area contributed by atoms with Gasteiger partial charge in [-0.1, -0.05) is 18.2 Å². The van der Waals surface area contributed by atoms with Crippen LogP contribution in [0.25, 0.3) is 10.9 Å². The molecule has 3 N–H and O–H groups in total. The number of hydrogen-bond donors (Lipinski definition) is 3. The minimum atomic E-state index is 0.573. The zero-order valence-corrected chi connectivity index (χ0v) is 8.14. The lowest BCUT2D eigenvalue weighted by atomic mass is 10.1. The van der Waals surface area contributed by atoms with E-state index in [2.05, 4.69) is 29.7 Å². The number of aromatic nitrogens is 1. The number of H-pyrrole nitrogens is 1. The fourth-order valence-corrected chi connectivity index (χ4v) is 1.70. The Kier molecular flexibility index (Phi) is 2.29. The fraction of sp³-hybridized carbons (Fsp3) is 0.200. The third-order valence-electron chi connectivity index (χ3n) is 2.19. The van der Waals surface area contributed by atoms with Crippen LogP contribution in [0.1, 0.15) is 11.3 Å². The Labute approximate surface area is 82.5 Å². The Balaban J connectivity index is 2.67. The number of nitrogens with two attached hydrogens (primary N) is 1. The summed E-state index contributed by atoms with van der Waals surface area (Å²) < 4.78 is 0. The molecule has 0 unspecified atom stereocenters. The van der Waals surface area contributed by atoms with Gasteiger partial charge in [-0.25, -0.2) is 0 Å². The second-order valence-electron chi connectivity index (χ2n) is 3.04. The maximum absolute atomic E-state index is 5.63. The van der Waals surface area contributed by atoms with E-state index in [4.69, 9.17) is 5.73 Å². The van der Waals surface area contributed by atoms with Gasteiger partial charge in [0.25, 0.3) is 0 Å². The van der Waals surface area contributed by atoms with Gasteiger partial charge in [0.15, 0.2) is 0 Å². The predicted octanol–water partition coefficient (Wildman–Crippen LogP) is 2.06. The van der Waals surface area contributed by atoms with Crippen molar-refractivity contribution in [3.63, 3.8) is 0 Å². The second kappa shape index (κ2) is 3.44. The van der Waals surface area contributed by atoms with E-state index < -0.39 is 0 Å². The van der Waals surface area contributed by atoms with Crippen molar-refractivity contribution in [2.24, 2.45) is 5.73 Å². The van der Waals surface area contributed by atoms with Crippen molar-refractivity contribution in [3.8, 4) is 0 Å². The highest BCUT2D eigenvalue weighted by Crippen LogP contribution is 2.19. The molecule has 0 saturated heterocycles. The first-order valence-corrected chi connectivity index (χ1v) is 4.89. The monoisotopic (exact) mass is 192 g/mol. The predicted molar refractivity (Wildman–Crippen MR) is 58.9 cm³/mol. The molecule has 0 aliphatic carbocycles. The van der Waals surface area contributed by atoms with Gasteiger partial charge in [-0.3, -0.25) is 0 Å². The Morgan fingerprint density at radius 2 is 2.23 bits per heavy atom.